The maximum Gasteiger partial charge on any atom is 0.317 e. The van der Waals surface area contributed by atoms with Crippen molar-refractivity contribution in [1.82, 2.24) is 14.8 Å². The van der Waals surface area contributed by atoms with Crippen LogP contribution in [0.3, 0.4) is 0 Å². The third-order valence-corrected chi connectivity index (χ3v) is 4.55. The number of carbonyl (C=O) groups excluding carboxylic acids is 1. The minimum absolute atomic E-state index is 0.0234. The van der Waals surface area contributed by atoms with Crippen LogP contribution in [0.15, 0.2) is 23.0 Å². The van der Waals surface area contributed by atoms with E-state index >= 15 is 0 Å². The molecular formula is C17H27N3O3. The summed E-state index contributed by atoms with van der Waals surface area (Å²) in [6.45, 7) is 6.32. The Kier molecular flexibility index (Phi) is 6.21. The fourth-order valence-electron chi connectivity index (χ4n) is 2.98. The molecule has 6 nitrogen and oxygen atoms in total. The Morgan fingerprint density at radius 3 is 2.87 bits per heavy atom. The molecule has 2 amide bonds. The number of aryl methyl sites for hydroxylation is 1. The number of hydrogen-bond donors (Lipinski definition) is 2. The van der Waals surface area contributed by atoms with Gasteiger partial charge in [0.15, 0.2) is 0 Å². The molecule has 0 saturated carbocycles. The molecule has 1 aliphatic rings. The third kappa shape index (κ3) is 4.82. The Morgan fingerprint density at radius 2 is 2.22 bits per heavy atom. The topological polar surface area (TPSA) is 74.6 Å². The Hall–Kier alpha value is -1.82. The van der Waals surface area contributed by atoms with Gasteiger partial charge in [-0.05, 0) is 39.2 Å². The highest BCUT2D eigenvalue weighted by Crippen LogP contribution is 2.19. The number of nitrogens with one attached hydrogen (secondary N) is 1. The van der Waals surface area contributed by atoms with Crippen molar-refractivity contribution >= 4 is 6.03 Å². The van der Waals surface area contributed by atoms with Gasteiger partial charge in [-0.3, -0.25) is 4.79 Å². The Balaban J connectivity index is 1.66. The average molecular weight is 321 g/mol. The third-order valence-electron chi connectivity index (χ3n) is 4.55. The van der Waals surface area contributed by atoms with Crippen molar-refractivity contribution < 1.29 is 9.90 Å². The first-order chi connectivity index (χ1) is 11.0. The maximum absolute atomic E-state index is 12.0. The number of unbranched alkanes of at least 4 members (excludes halogenated alkanes) is 1. The van der Waals surface area contributed by atoms with Gasteiger partial charge in [0.1, 0.15) is 0 Å². The van der Waals surface area contributed by atoms with Gasteiger partial charge in [-0.2, -0.15) is 0 Å². The highest BCUT2D eigenvalue weighted by Gasteiger charge is 2.28. The van der Waals surface area contributed by atoms with Gasteiger partial charge in [0.25, 0.3) is 5.56 Å². The molecule has 1 fully saturated rings. The quantitative estimate of drug-likeness (QED) is 0.777. The molecule has 1 aromatic rings. The SMILES string of the molecule is Cc1cccc(=O)n1CCCCNC(=O)N1CC[C@@H]([C@@H](C)O)C1. The molecule has 0 bridgehead atoms. The van der Waals surface area contributed by atoms with Crippen molar-refractivity contribution in [3.8, 4) is 0 Å². The highest BCUT2D eigenvalue weighted by atomic mass is 16.3. The molecule has 0 radical (unpaired) electrons. The Labute approximate surface area is 137 Å². The lowest BCUT2D eigenvalue weighted by molar-refractivity contribution is 0.129. The molecule has 23 heavy (non-hydrogen) atoms. The van der Waals surface area contributed by atoms with Gasteiger partial charge >= 0.3 is 6.03 Å². The lowest BCUT2D eigenvalue weighted by atomic mass is 10.0. The van der Waals surface area contributed by atoms with Crippen LogP contribution in [0.25, 0.3) is 0 Å². The summed E-state index contributed by atoms with van der Waals surface area (Å²) in [5.41, 5.74) is 0.984. The number of hydrogen-bond acceptors (Lipinski definition) is 3. The van der Waals surface area contributed by atoms with Crippen LogP contribution in [0.2, 0.25) is 0 Å². The molecule has 1 saturated heterocycles. The molecule has 2 N–H and O–H groups in total. The van der Waals surface area contributed by atoms with Gasteiger partial charge in [-0.1, -0.05) is 6.07 Å². The summed E-state index contributed by atoms with van der Waals surface area (Å²) in [6, 6.07) is 5.21. The van der Waals surface area contributed by atoms with Crippen LogP contribution in [0.5, 0.6) is 0 Å². The van der Waals surface area contributed by atoms with E-state index in [2.05, 4.69) is 5.32 Å². The number of aliphatic hydroxyl groups is 1. The lowest BCUT2D eigenvalue weighted by Crippen LogP contribution is -2.39. The van der Waals surface area contributed by atoms with E-state index in [-0.39, 0.29) is 23.6 Å². The monoisotopic (exact) mass is 321 g/mol. The van der Waals surface area contributed by atoms with E-state index in [0.717, 1.165) is 25.0 Å². The fraction of sp³-hybridized carbons (Fsp3) is 0.647. The number of aromatic nitrogens is 1. The van der Waals surface area contributed by atoms with Crippen LogP contribution in [-0.2, 0) is 6.54 Å². The zero-order valence-electron chi connectivity index (χ0n) is 14.0. The zero-order valence-corrected chi connectivity index (χ0v) is 14.0. The first-order valence-corrected chi connectivity index (χ1v) is 8.36. The summed E-state index contributed by atoms with van der Waals surface area (Å²) in [5.74, 6) is 0.189. The molecule has 0 aliphatic carbocycles. The molecule has 6 heteroatoms. The molecule has 1 aliphatic heterocycles. The van der Waals surface area contributed by atoms with Crippen molar-refractivity contribution in [2.45, 2.75) is 45.8 Å². The largest absolute Gasteiger partial charge is 0.393 e. The summed E-state index contributed by atoms with van der Waals surface area (Å²) in [5, 5.41) is 12.5. The van der Waals surface area contributed by atoms with Crippen LogP contribution >= 0.6 is 0 Å². The van der Waals surface area contributed by atoms with Crippen LogP contribution in [0, 0.1) is 12.8 Å². The van der Waals surface area contributed by atoms with Crippen LogP contribution < -0.4 is 10.9 Å². The minimum atomic E-state index is -0.361. The summed E-state index contributed by atoms with van der Waals surface area (Å²) < 4.78 is 1.76. The number of amides is 2. The second kappa shape index (κ2) is 8.15. The summed E-state index contributed by atoms with van der Waals surface area (Å²) in [7, 11) is 0. The van der Waals surface area contributed by atoms with E-state index < -0.39 is 0 Å². The molecule has 0 unspecified atom stereocenters. The van der Waals surface area contributed by atoms with Crippen LogP contribution in [0.4, 0.5) is 4.79 Å². The van der Waals surface area contributed by atoms with E-state index in [4.69, 9.17) is 0 Å². The number of rotatable bonds is 6. The van der Waals surface area contributed by atoms with Crippen molar-refractivity contribution in [3.05, 3.63) is 34.2 Å². The van der Waals surface area contributed by atoms with Crippen LogP contribution in [-0.4, -0.2) is 46.3 Å². The standard InChI is InChI=1S/C17H27N3O3/c1-13-6-5-7-16(22)20(13)10-4-3-9-18-17(23)19-11-8-15(12-19)14(2)21/h5-7,14-15,21H,3-4,8-12H2,1-2H3,(H,18,23)/t14-,15-/m1/s1. The molecule has 2 heterocycles. The van der Waals surface area contributed by atoms with E-state index in [1.54, 1.807) is 28.5 Å². The number of urea groups is 1. The Bertz CT molecular complexity index is 583. The predicted molar refractivity (Wildman–Crippen MR) is 89.4 cm³/mol. The van der Waals surface area contributed by atoms with Gasteiger partial charge in [-0.25, -0.2) is 4.79 Å². The molecule has 0 spiro atoms. The summed E-state index contributed by atoms with van der Waals surface area (Å²) in [4.78, 5) is 25.5. The van der Waals surface area contributed by atoms with Crippen LogP contribution in [0.1, 0.15) is 31.9 Å². The maximum atomic E-state index is 12.0. The van der Waals surface area contributed by atoms with E-state index in [0.29, 0.717) is 26.2 Å². The van der Waals surface area contributed by atoms with Crippen molar-refractivity contribution in [1.29, 1.82) is 0 Å². The van der Waals surface area contributed by atoms with Gasteiger partial charge < -0.3 is 19.9 Å². The molecule has 1 aromatic heterocycles. The van der Waals surface area contributed by atoms with Crippen molar-refractivity contribution in [2.24, 2.45) is 5.92 Å². The zero-order chi connectivity index (χ0) is 16.8. The first kappa shape index (κ1) is 17.5. The number of nitrogens with zero attached hydrogens (tertiary/aromatic N) is 2. The molecule has 2 rings (SSSR count). The average Bonchev–Trinajstić information content (AvgIpc) is 2.99. The van der Waals surface area contributed by atoms with E-state index in [9.17, 15) is 14.7 Å². The number of aliphatic hydroxyl groups excluding tert-OH is 1. The summed E-state index contributed by atoms with van der Waals surface area (Å²) in [6.07, 6.45) is 2.18. The second-order valence-electron chi connectivity index (χ2n) is 6.33. The highest BCUT2D eigenvalue weighted by molar-refractivity contribution is 5.74. The fourth-order valence-corrected chi connectivity index (χ4v) is 2.98. The number of likely N-dealkylation sites (tertiary alicyclic amines) is 1. The van der Waals surface area contributed by atoms with Crippen molar-refractivity contribution in [3.63, 3.8) is 0 Å². The predicted octanol–water partition coefficient (Wildman–Crippen LogP) is 1.35. The van der Waals surface area contributed by atoms with Gasteiger partial charge in [0.2, 0.25) is 0 Å². The Morgan fingerprint density at radius 1 is 1.43 bits per heavy atom. The lowest BCUT2D eigenvalue weighted by Gasteiger charge is -2.18. The van der Waals surface area contributed by atoms with Gasteiger partial charge in [0, 0.05) is 43.9 Å². The minimum Gasteiger partial charge on any atom is -0.393 e. The number of carbonyl (C=O) groups is 1. The van der Waals surface area contributed by atoms with Gasteiger partial charge in [0.05, 0.1) is 6.10 Å². The van der Waals surface area contributed by atoms with E-state index in [1.165, 1.54) is 0 Å². The normalized spacial score (nSPS) is 18.9. The van der Waals surface area contributed by atoms with Gasteiger partial charge in [-0.15, -0.1) is 0 Å². The second-order valence-corrected chi connectivity index (χ2v) is 6.33. The molecule has 128 valence electrons. The number of pyridine rings is 1. The van der Waals surface area contributed by atoms with Crippen molar-refractivity contribution in [2.75, 3.05) is 19.6 Å². The smallest absolute Gasteiger partial charge is 0.317 e. The molecule has 2 atom stereocenters. The van der Waals surface area contributed by atoms with E-state index in [1.807, 2.05) is 13.0 Å². The summed E-state index contributed by atoms with van der Waals surface area (Å²) >= 11 is 0. The molecule has 0 aromatic carbocycles. The molecular weight excluding hydrogens is 294 g/mol. The first-order valence-electron chi connectivity index (χ1n) is 8.36.